The molecule has 0 unspecified atom stereocenters. The third kappa shape index (κ3) is 6.15. The van der Waals surface area contributed by atoms with Crippen LogP contribution in [0.3, 0.4) is 0 Å². The van der Waals surface area contributed by atoms with Crippen LogP contribution in [0.15, 0.2) is 63.4 Å². The highest BCUT2D eigenvalue weighted by molar-refractivity contribution is 8.38. The zero-order chi connectivity index (χ0) is 26.4. The summed E-state index contributed by atoms with van der Waals surface area (Å²) >= 11 is 3.39. The standard InChI is InChI=1S/C25H26N6O4S2/c1-16-21(24(34)31(30(16)2)19-7-5-4-6-8-19)28-22(32)23(33)29-27-14-17-9-10-20(35-3)18(13-17)15-37-25-26-11-12-36-25/h4-10,13-14H,11-12,15H2,1-3H3,(H,28,32)(H,29,33). The summed E-state index contributed by atoms with van der Waals surface area (Å²) in [6.45, 7) is 2.53. The molecule has 192 valence electrons. The number of anilines is 1. The van der Waals surface area contributed by atoms with Crippen LogP contribution in [0, 0.1) is 6.92 Å². The Balaban J connectivity index is 1.40. The van der Waals surface area contributed by atoms with Gasteiger partial charge in [0.05, 0.1) is 31.3 Å². The molecule has 2 N–H and O–H groups in total. The Hall–Kier alpha value is -3.77. The summed E-state index contributed by atoms with van der Waals surface area (Å²) in [6, 6.07) is 14.5. The zero-order valence-corrected chi connectivity index (χ0v) is 22.2. The number of benzene rings is 2. The molecule has 12 heteroatoms. The fourth-order valence-corrected chi connectivity index (χ4v) is 5.62. The third-order valence-electron chi connectivity index (χ3n) is 5.59. The molecular weight excluding hydrogens is 512 g/mol. The molecule has 37 heavy (non-hydrogen) atoms. The SMILES string of the molecule is COc1ccc(C=NNC(=O)C(=O)Nc2c(C)n(C)n(-c3ccccc3)c2=O)cc1CSC1=NCCS1. The lowest BCUT2D eigenvalue weighted by Crippen LogP contribution is -2.34. The van der Waals surface area contributed by atoms with Crippen LogP contribution >= 0.6 is 23.5 Å². The predicted octanol–water partition coefficient (Wildman–Crippen LogP) is 2.92. The lowest BCUT2D eigenvalue weighted by atomic mass is 10.1. The molecule has 10 nitrogen and oxygen atoms in total. The van der Waals surface area contributed by atoms with Crippen molar-refractivity contribution in [2.45, 2.75) is 12.7 Å². The molecule has 2 amide bonds. The molecule has 0 aliphatic carbocycles. The van der Waals surface area contributed by atoms with Gasteiger partial charge in [0.15, 0.2) is 0 Å². The molecule has 0 fully saturated rings. The second-order valence-corrected chi connectivity index (χ2v) is 10.3. The van der Waals surface area contributed by atoms with Gasteiger partial charge in [0.1, 0.15) is 15.8 Å². The highest BCUT2D eigenvalue weighted by Gasteiger charge is 2.21. The minimum absolute atomic E-state index is 0.0257. The molecule has 2 heterocycles. The van der Waals surface area contributed by atoms with Crippen LogP contribution in [0.25, 0.3) is 5.69 Å². The van der Waals surface area contributed by atoms with E-state index in [4.69, 9.17) is 4.74 Å². The highest BCUT2D eigenvalue weighted by atomic mass is 32.2. The van der Waals surface area contributed by atoms with E-state index in [0.717, 1.165) is 33.5 Å². The minimum Gasteiger partial charge on any atom is -0.496 e. The molecule has 4 rings (SSSR count). The van der Waals surface area contributed by atoms with Crippen LogP contribution in [0.1, 0.15) is 16.8 Å². The summed E-state index contributed by atoms with van der Waals surface area (Å²) in [6.07, 6.45) is 1.44. The molecule has 0 bridgehead atoms. The number of rotatable bonds is 7. The van der Waals surface area contributed by atoms with Gasteiger partial charge in [0, 0.05) is 24.1 Å². The molecule has 1 aromatic heterocycles. The van der Waals surface area contributed by atoms with Crippen LogP contribution in [0.2, 0.25) is 0 Å². The Morgan fingerprint density at radius 3 is 2.70 bits per heavy atom. The topological polar surface area (TPSA) is 119 Å². The van der Waals surface area contributed by atoms with Crippen LogP contribution in [-0.4, -0.2) is 51.2 Å². The van der Waals surface area contributed by atoms with E-state index < -0.39 is 17.4 Å². The molecule has 3 aromatic rings. The Morgan fingerprint density at radius 1 is 1.22 bits per heavy atom. The highest BCUT2D eigenvalue weighted by Crippen LogP contribution is 2.29. The average molecular weight is 539 g/mol. The lowest BCUT2D eigenvalue weighted by Gasteiger charge is -2.09. The number of hydrazone groups is 1. The van der Waals surface area contributed by atoms with E-state index in [1.807, 2.05) is 30.3 Å². The first-order valence-corrected chi connectivity index (χ1v) is 13.3. The van der Waals surface area contributed by atoms with Gasteiger partial charge >= 0.3 is 11.8 Å². The van der Waals surface area contributed by atoms with Gasteiger partial charge in [-0.25, -0.2) is 10.1 Å². The monoisotopic (exact) mass is 538 g/mol. The fourth-order valence-electron chi connectivity index (χ4n) is 3.63. The molecule has 0 saturated carbocycles. The fraction of sp³-hybridized carbons (Fsp3) is 0.240. The maximum Gasteiger partial charge on any atom is 0.329 e. The van der Waals surface area contributed by atoms with Crippen molar-refractivity contribution in [1.82, 2.24) is 14.8 Å². The maximum absolute atomic E-state index is 12.9. The van der Waals surface area contributed by atoms with Crippen molar-refractivity contribution >= 4 is 51.6 Å². The van der Waals surface area contributed by atoms with Crippen molar-refractivity contribution in [1.29, 1.82) is 0 Å². The molecule has 2 aromatic carbocycles. The number of hydrogen-bond donors (Lipinski definition) is 2. The van der Waals surface area contributed by atoms with Gasteiger partial charge in [-0.3, -0.25) is 24.1 Å². The second kappa shape index (κ2) is 12.0. The predicted molar refractivity (Wildman–Crippen MR) is 149 cm³/mol. The number of carbonyl (C=O) groups is 2. The van der Waals surface area contributed by atoms with Crippen molar-refractivity contribution in [2.75, 3.05) is 24.7 Å². The Morgan fingerprint density at radius 2 is 2.00 bits per heavy atom. The smallest absolute Gasteiger partial charge is 0.329 e. The summed E-state index contributed by atoms with van der Waals surface area (Å²) in [5.74, 6) is 0.445. The number of ether oxygens (including phenoxy) is 1. The molecular formula is C25H26N6O4S2. The van der Waals surface area contributed by atoms with E-state index in [9.17, 15) is 14.4 Å². The van der Waals surface area contributed by atoms with Crippen LogP contribution in [-0.2, 0) is 22.4 Å². The van der Waals surface area contributed by atoms with E-state index >= 15 is 0 Å². The number of para-hydroxylation sites is 1. The third-order valence-corrected chi connectivity index (χ3v) is 7.89. The molecule has 0 radical (unpaired) electrons. The zero-order valence-electron chi connectivity index (χ0n) is 20.6. The summed E-state index contributed by atoms with van der Waals surface area (Å²) in [5, 5.41) is 6.32. The maximum atomic E-state index is 12.9. The number of thioether (sulfide) groups is 2. The number of carbonyl (C=O) groups excluding carboxylic acids is 2. The average Bonchev–Trinajstić information content (AvgIpc) is 3.50. The van der Waals surface area contributed by atoms with Crippen molar-refractivity contribution in [3.8, 4) is 11.4 Å². The van der Waals surface area contributed by atoms with Gasteiger partial charge in [0.25, 0.3) is 5.56 Å². The molecule has 0 atom stereocenters. The van der Waals surface area contributed by atoms with E-state index in [0.29, 0.717) is 17.1 Å². The Kier molecular flexibility index (Phi) is 8.51. The number of hydrogen-bond acceptors (Lipinski definition) is 8. The van der Waals surface area contributed by atoms with Crippen molar-refractivity contribution in [3.05, 3.63) is 75.7 Å². The van der Waals surface area contributed by atoms with Gasteiger partial charge in [0.2, 0.25) is 0 Å². The van der Waals surface area contributed by atoms with Crippen LogP contribution in [0.5, 0.6) is 5.75 Å². The number of amides is 2. The Bertz CT molecular complexity index is 1430. The van der Waals surface area contributed by atoms with Gasteiger partial charge in [-0.2, -0.15) is 5.10 Å². The quantitative estimate of drug-likeness (QED) is 0.271. The second-order valence-electron chi connectivity index (χ2n) is 7.95. The summed E-state index contributed by atoms with van der Waals surface area (Å²) in [5.41, 5.74) is 4.62. The number of aromatic nitrogens is 2. The normalized spacial score (nSPS) is 13.0. The summed E-state index contributed by atoms with van der Waals surface area (Å²) in [7, 11) is 3.31. The summed E-state index contributed by atoms with van der Waals surface area (Å²) < 4.78 is 9.53. The largest absolute Gasteiger partial charge is 0.496 e. The van der Waals surface area contributed by atoms with Gasteiger partial charge in [-0.15, -0.1) is 0 Å². The van der Waals surface area contributed by atoms with E-state index in [1.54, 1.807) is 67.5 Å². The first-order chi connectivity index (χ1) is 17.9. The minimum atomic E-state index is -0.996. The van der Waals surface area contributed by atoms with Gasteiger partial charge in [-0.05, 0) is 42.8 Å². The first-order valence-electron chi connectivity index (χ1n) is 11.3. The number of nitrogens with one attached hydrogen (secondary N) is 2. The molecule has 1 aliphatic rings. The number of aliphatic imine (C=N–C) groups is 1. The molecule has 0 saturated heterocycles. The Labute approximate surface area is 222 Å². The van der Waals surface area contributed by atoms with Gasteiger partial charge < -0.3 is 10.1 Å². The first kappa shape index (κ1) is 26.3. The van der Waals surface area contributed by atoms with E-state index in [-0.39, 0.29) is 5.69 Å². The number of nitrogens with zero attached hydrogens (tertiary/aromatic N) is 4. The van der Waals surface area contributed by atoms with Crippen molar-refractivity contribution in [3.63, 3.8) is 0 Å². The molecule has 0 spiro atoms. The van der Waals surface area contributed by atoms with Crippen LogP contribution in [0.4, 0.5) is 5.69 Å². The van der Waals surface area contributed by atoms with Crippen LogP contribution < -0.4 is 21.0 Å². The van der Waals surface area contributed by atoms with E-state index in [1.165, 1.54) is 10.9 Å². The lowest BCUT2D eigenvalue weighted by molar-refractivity contribution is -0.136. The molecule has 1 aliphatic heterocycles. The van der Waals surface area contributed by atoms with E-state index in [2.05, 4.69) is 20.8 Å². The number of methoxy groups -OCH3 is 1. The van der Waals surface area contributed by atoms with Gasteiger partial charge in [-0.1, -0.05) is 41.7 Å². The van der Waals surface area contributed by atoms with Crippen molar-refractivity contribution in [2.24, 2.45) is 17.1 Å². The summed E-state index contributed by atoms with van der Waals surface area (Å²) in [4.78, 5) is 42.2. The van der Waals surface area contributed by atoms with Crippen molar-refractivity contribution < 1.29 is 14.3 Å².